The number of carbonyl (C=O) groups excluding carboxylic acids is 1. The number of aromatic amines is 1. The fourth-order valence-corrected chi connectivity index (χ4v) is 4.59. The third kappa shape index (κ3) is 4.29. The minimum Gasteiger partial charge on any atom is -0.491 e. The number of hydrogen-bond donors (Lipinski definition) is 2. The molecule has 2 aliphatic heterocycles. The van der Waals surface area contributed by atoms with Crippen LogP contribution in [0.25, 0.3) is 22.3 Å². The van der Waals surface area contributed by atoms with E-state index in [2.05, 4.69) is 15.0 Å². The lowest BCUT2D eigenvalue weighted by atomic mass is 9.91. The second-order valence-electron chi connectivity index (χ2n) is 8.81. The lowest BCUT2D eigenvalue weighted by molar-refractivity contribution is -0.0594. The molecular formula is C23H26F2N6O2. The van der Waals surface area contributed by atoms with E-state index in [1.54, 1.807) is 16.0 Å². The van der Waals surface area contributed by atoms with Crippen LogP contribution in [-0.4, -0.2) is 62.9 Å². The summed E-state index contributed by atoms with van der Waals surface area (Å²) in [5.74, 6) is -2.33. The van der Waals surface area contributed by atoms with Gasteiger partial charge in [0.15, 0.2) is 11.6 Å². The molecule has 5 rings (SSSR count). The fourth-order valence-electron chi connectivity index (χ4n) is 4.59. The fraction of sp³-hybridized carbons (Fsp3) is 0.435. The van der Waals surface area contributed by atoms with Gasteiger partial charge in [0.25, 0.3) is 0 Å². The molecule has 2 aromatic heterocycles. The zero-order valence-corrected chi connectivity index (χ0v) is 18.4. The van der Waals surface area contributed by atoms with E-state index in [0.29, 0.717) is 57.2 Å². The van der Waals surface area contributed by atoms with Gasteiger partial charge in [-0.15, -0.1) is 0 Å². The summed E-state index contributed by atoms with van der Waals surface area (Å²) in [4.78, 5) is 28.0. The molecule has 0 spiro atoms. The number of aromatic nitrogens is 3. The van der Waals surface area contributed by atoms with Crippen molar-refractivity contribution in [3.63, 3.8) is 0 Å². The second kappa shape index (κ2) is 8.17. The number of nitrogen functional groups attached to an aromatic ring is 1. The minimum absolute atomic E-state index is 0.134. The van der Waals surface area contributed by atoms with E-state index in [1.165, 1.54) is 0 Å². The highest BCUT2D eigenvalue weighted by Gasteiger charge is 2.38. The van der Waals surface area contributed by atoms with Gasteiger partial charge in [-0.1, -0.05) is 6.07 Å². The van der Waals surface area contributed by atoms with Gasteiger partial charge in [-0.05, 0) is 43.5 Å². The number of carbonyl (C=O) groups is 1. The van der Waals surface area contributed by atoms with Crippen LogP contribution < -0.4 is 10.5 Å². The zero-order chi connectivity index (χ0) is 23.2. The molecule has 3 N–H and O–H groups in total. The Bertz CT molecular complexity index is 1180. The highest BCUT2D eigenvalue weighted by Crippen LogP contribution is 2.34. The number of alkyl halides is 2. The predicted molar refractivity (Wildman–Crippen MR) is 120 cm³/mol. The average molecular weight is 456 g/mol. The van der Waals surface area contributed by atoms with Crippen molar-refractivity contribution in [2.75, 3.05) is 32.0 Å². The Balaban J connectivity index is 1.34. The monoisotopic (exact) mass is 456 g/mol. The second-order valence-corrected chi connectivity index (χ2v) is 8.81. The van der Waals surface area contributed by atoms with E-state index < -0.39 is 11.8 Å². The molecule has 174 valence electrons. The molecule has 3 aromatic rings. The number of rotatable bonds is 2. The molecule has 4 heterocycles. The van der Waals surface area contributed by atoms with E-state index in [0.717, 1.165) is 34.9 Å². The van der Waals surface area contributed by atoms with Crippen LogP contribution in [-0.2, 0) is 6.54 Å². The summed E-state index contributed by atoms with van der Waals surface area (Å²) in [6, 6.07) is 7.65. The number of nitrogens with zero attached hydrogens (tertiary/aromatic N) is 4. The van der Waals surface area contributed by atoms with Crippen LogP contribution in [0.4, 0.5) is 19.5 Å². The van der Waals surface area contributed by atoms with Crippen LogP contribution in [0, 0.1) is 5.92 Å². The van der Waals surface area contributed by atoms with Gasteiger partial charge < -0.3 is 25.3 Å². The maximum atomic E-state index is 13.6. The summed E-state index contributed by atoms with van der Waals surface area (Å²) in [6.07, 6.45) is 2.36. The smallest absolute Gasteiger partial charge is 0.320 e. The molecule has 1 aromatic carbocycles. The molecule has 1 saturated heterocycles. The van der Waals surface area contributed by atoms with Gasteiger partial charge in [0, 0.05) is 36.3 Å². The molecule has 1 fully saturated rings. The number of anilines is 1. The van der Waals surface area contributed by atoms with E-state index in [9.17, 15) is 13.6 Å². The van der Waals surface area contributed by atoms with Crippen molar-refractivity contribution in [1.82, 2.24) is 24.8 Å². The predicted octanol–water partition coefficient (Wildman–Crippen LogP) is 3.89. The van der Waals surface area contributed by atoms with Crippen molar-refractivity contribution in [2.24, 2.45) is 5.92 Å². The van der Waals surface area contributed by atoms with Crippen molar-refractivity contribution < 1.29 is 18.3 Å². The SMILES string of the molecule is CC(F)(F)C1CCN(C(=O)N2CCOc3ccc(-c4cnc5nc(N)[nH]c5c4)cc3C2)CC1. The molecule has 0 saturated carbocycles. The topological polar surface area (TPSA) is 100 Å². The van der Waals surface area contributed by atoms with Crippen LogP contribution >= 0.6 is 0 Å². The molecule has 10 heteroatoms. The van der Waals surface area contributed by atoms with Crippen LogP contribution in [0.15, 0.2) is 30.5 Å². The summed E-state index contributed by atoms with van der Waals surface area (Å²) in [6.45, 7) is 2.85. The highest BCUT2D eigenvalue weighted by molar-refractivity contribution is 5.80. The number of ether oxygens (including phenoxy) is 1. The number of nitrogens with one attached hydrogen (secondary N) is 1. The number of pyridine rings is 1. The van der Waals surface area contributed by atoms with Gasteiger partial charge in [-0.3, -0.25) is 0 Å². The number of imidazole rings is 1. The first-order valence-electron chi connectivity index (χ1n) is 11.1. The number of fused-ring (bicyclic) bond motifs is 2. The number of H-pyrrole nitrogens is 1. The Morgan fingerprint density at radius 2 is 1.97 bits per heavy atom. The molecule has 0 atom stereocenters. The van der Waals surface area contributed by atoms with Gasteiger partial charge in [-0.2, -0.15) is 4.98 Å². The highest BCUT2D eigenvalue weighted by atomic mass is 19.3. The maximum absolute atomic E-state index is 13.6. The minimum atomic E-state index is -2.71. The Labute approximate surface area is 189 Å². The molecule has 33 heavy (non-hydrogen) atoms. The van der Waals surface area contributed by atoms with Crippen molar-refractivity contribution in [2.45, 2.75) is 32.2 Å². The van der Waals surface area contributed by atoms with Crippen LogP contribution in [0.3, 0.4) is 0 Å². The van der Waals surface area contributed by atoms with Crippen molar-refractivity contribution in [3.8, 4) is 16.9 Å². The van der Waals surface area contributed by atoms with Gasteiger partial charge in [0.2, 0.25) is 5.92 Å². The first-order chi connectivity index (χ1) is 15.8. The van der Waals surface area contributed by atoms with E-state index in [-0.39, 0.29) is 6.03 Å². The number of piperidine rings is 1. The first-order valence-corrected chi connectivity index (χ1v) is 11.1. The number of halogens is 2. The van der Waals surface area contributed by atoms with Crippen LogP contribution in [0.5, 0.6) is 5.75 Å². The maximum Gasteiger partial charge on any atom is 0.320 e. The molecule has 0 unspecified atom stereocenters. The average Bonchev–Trinajstić information content (AvgIpc) is 3.03. The summed E-state index contributed by atoms with van der Waals surface area (Å²) in [5.41, 5.74) is 9.72. The van der Waals surface area contributed by atoms with Crippen LogP contribution in [0.1, 0.15) is 25.3 Å². The molecule has 0 bridgehead atoms. The third-order valence-electron chi connectivity index (χ3n) is 6.48. The molecule has 2 aliphatic rings. The normalized spacial score (nSPS) is 17.5. The number of urea groups is 1. The van der Waals surface area contributed by atoms with E-state index in [4.69, 9.17) is 10.5 Å². The van der Waals surface area contributed by atoms with Gasteiger partial charge in [0.05, 0.1) is 18.6 Å². The first kappa shape index (κ1) is 21.4. The van der Waals surface area contributed by atoms with E-state index in [1.807, 2.05) is 24.3 Å². The molecule has 0 radical (unpaired) electrons. The van der Waals surface area contributed by atoms with Crippen molar-refractivity contribution in [1.29, 1.82) is 0 Å². The Hall–Kier alpha value is -3.43. The molecule has 8 nitrogen and oxygen atoms in total. The lowest BCUT2D eigenvalue weighted by Crippen LogP contribution is -2.48. The Kier molecular flexibility index (Phi) is 5.30. The largest absolute Gasteiger partial charge is 0.491 e. The quantitative estimate of drug-likeness (QED) is 0.609. The van der Waals surface area contributed by atoms with Gasteiger partial charge in [-0.25, -0.2) is 18.6 Å². The summed E-state index contributed by atoms with van der Waals surface area (Å²) in [7, 11) is 0. The number of nitrogens with two attached hydrogens (primary N) is 1. The molecule has 2 amide bonds. The zero-order valence-electron chi connectivity index (χ0n) is 18.4. The standard InChI is InChI=1S/C23H26F2N6O2/c1-23(24,25)17-4-6-30(7-5-17)22(32)31-8-9-33-19-3-2-14(10-16(19)13-31)15-11-18-20(27-12-15)29-21(26)28-18/h2-3,10-12,17H,4-9,13H2,1H3,(H3,26,27,28,29). The Morgan fingerprint density at radius 3 is 2.73 bits per heavy atom. The third-order valence-corrected chi connectivity index (χ3v) is 6.48. The van der Waals surface area contributed by atoms with E-state index >= 15 is 0 Å². The number of hydrogen-bond acceptors (Lipinski definition) is 5. The van der Waals surface area contributed by atoms with Crippen LogP contribution in [0.2, 0.25) is 0 Å². The summed E-state index contributed by atoms with van der Waals surface area (Å²) < 4.78 is 33.1. The number of likely N-dealkylation sites (tertiary alicyclic amines) is 1. The summed E-state index contributed by atoms with van der Waals surface area (Å²) >= 11 is 0. The van der Waals surface area contributed by atoms with Crippen molar-refractivity contribution in [3.05, 3.63) is 36.0 Å². The van der Waals surface area contributed by atoms with Crippen molar-refractivity contribution >= 4 is 23.1 Å². The molecular weight excluding hydrogens is 430 g/mol. The summed E-state index contributed by atoms with van der Waals surface area (Å²) in [5, 5.41) is 0. The van der Waals surface area contributed by atoms with Gasteiger partial charge in [0.1, 0.15) is 12.4 Å². The lowest BCUT2D eigenvalue weighted by Gasteiger charge is -2.37. The molecule has 0 aliphatic carbocycles. The number of amides is 2. The van der Waals surface area contributed by atoms with Gasteiger partial charge >= 0.3 is 6.03 Å². The Morgan fingerprint density at radius 1 is 1.18 bits per heavy atom. The number of benzene rings is 1.